The molecule has 0 unspecified atom stereocenters. The number of carbonyl (C=O) groups excluding carboxylic acids is 2. The Morgan fingerprint density at radius 2 is 1.82 bits per heavy atom. The fourth-order valence-corrected chi connectivity index (χ4v) is 3.78. The van der Waals surface area contributed by atoms with Crippen LogP contribution >= 0.6 is 11.6 Å². The minimum absolute atomic E-state index is 0.0456. The zero-order chi connectivity index (χ0) is 23.1. The van der Waals surface area contributed by atoms with Gasteiger partial charge in [0, 0.05) is 16.0 Å². The molecule has 164 valence electrons. The quantitative estimate of drug-likeness (QED) is 0.204. The van der Waals surface area contributed by atoms with Crippen molar-refractivity contribution in [2.75, 3.05) is 7.11 Å². The SMILES string of the molecule is COc1ccc(/C=C2\Oc3c(ccc(OC(=O)c4cc5cc(Cl)ccc5o4)c3C)C2=O)cc1. The highest BCUT2D eigenvalue weighted by atomic mass is 35.5. The molecule has 7 heteroatoms. The first-order valence-corrected chi connectivity index (χ1v) is 10.4. The number of esters is 1. The summed E-state index contributed by atoms with van der Waals surface area (Å²) in [6.45, 7) is 1.73. The molecule has 0 fully saturated rings. The van der Waals surface area contributed by atoms with Crippen LogP contribution in [0.1, 0.15) is 32.0 Å². The zero-order valence-corrected chi connectivity index (χ0v) is 18.4. The lowest BCUT2D eigenvalue weighted by Gasteiger charge is -2.09. The van der Waals surface area contributed by atoms with Crippen LogP contribution in [0.3, 0.4) is 0 Å². The lowest BCUT2D eigenvalue weighted by molar-refractivity contribution is 0.0702. The molecular weight excluding hydrogens is 444 g/mol. The molecule has 6 nitrogen and oxygen atoms in total. The lowest BCUT2D eigenvalue weighted by atomic mass is 10.1. The molecular formula is C26H17ClO6. The van der Waals surface area contributed by atoms with E-state index in [-0.39, 0.29) is 23.1 Å². The Morgan fingerprint density at radius 1 is 1.03 bits per heavy atom. The van der Waals surface area contributed by atoms with Crippen LogP contribution in [0.25, 0.3) is 17.0 Å². The van der Waals surface area contributed by atoms with Crippen LogP contribution in [0, 0.1) is 6.92 Å². The Morgan fingerprint density at radius 3 is 2.58 bits per heavy atom. The number of furan rings is 1. The second kappa shape index (κ2) is 8.15. The van der Waals surface area contributed by atoms with Gasteiger partial charge in [0.25, 0.3) is 0 Å². The van der Waals surface area contributed by atoms with Crippen molar-refractivity contribution in [1.82, 2.24) is 0 Å². The number of methoxy groups -OCH3 is 1. The van der Waals surface area contributed by atoms with Gasteiger partial charge in [-0.25, -0.2) is 4.79 Å². The van der Waals surface area contributed by atoms with Crippen molar-refractivity contribution < 1.29 is 28.2 Å². The molecule has 0 aliphatic carbocycles. The molecule has 0 saturated heterocycles. The predicted molar refractivity (Wildman–Crippen MR) is 123 cm³/mol. The van der Waals surface area contributed by atoms with Gasteiger partial charge in [-0.2, -0.15) is 0 Å². The van der Waals surface area contributed by atoms with Crippen LogP contribution in [-0.4, -0.2) is 18.9 Å². The highest BCUT2D eigenvalue weighted by Crippen LogP contribution is 2.39. The number of ketones is 1. The predicted octanol–water partition coefficient (Wildman–Crippen LogP) is 6.24. The number of benzene rings is 3. The first-order valence-electron chi connectivity index (χ1n) is 10.1. The van der Waals surface area contributed by atoms with E-state index in [0.29, 0.717) is 38.6 Å². The highest BCUT2D eigenvalue weighted by molar-refractivity contribution is 6.31. The molecule has 5 rings (SSSR count). The Labute approximate surface area is 193 Å². The summed E-state index contributed by atoms with van der Waals surface area (Å²) in [6.07, 6.45) is 1.66. The third kappa shape index (κ3) is 3.85. The minimum Gasteiger partial charge on any atom is -0.497 e. The maximum absolute atomic E-state index is 12.8. The summed E-state index contributed by atoms with van der Waals surface area (Å²) >= 11 is 5.99. The number of fused-ring (bicyclic) bond motifs is 2. The van der Waals surface area contributed by atoms with Gasteiger partial charge in [0.15, 0.2) is 5.76 Å². The second-order valence-corrected chi connectivity index (χ2v) is 7.90. The molecule has 0 saturated carbocycles. The van der Waals surface area contributed by atoms with Crippen molar-refractivity contribution in [2.24, 2.45) is 0 Å². The molecule has 0 amide bonds. The van der Waals surface area contributed by atoms with Gasteiger partial charge in [-0.15, -0.1) is 0 Å². The van der Waals surface area contributed by atoms with Gasteiger partial charge in [0.1, 0.15) is 22.8 Å². The molecule has 1 aromatic heterocycles. The topological polar surface area (TPSA) is 75.0 Å². The highest BCUT2D eigenvalue weighted by Gasteiger charge is 2.31. The number of carbonyl (C=O) groups is 2. The molecule has 0 radical (unpaired) electrons. The summed E-state index contributed by atoms with van der Waals surface area (Å²) in [6, 6.07) is 17.0. The van der Waals surface area contributed by atoms with E-state index in [1.807, 2.05) is 12.1 Å². The van der Waals surface area contributed by atoms with Gasteiger partial charge >= 0.3 is 5.97 Å². The average Bonchev–Trinajstić information content (AvgIpc) is 3.37. The number of hydrogen-bond acceptors (Lipinski definition) is 6. The van der Waals surface area contributed by atoms with Crippen molar-refractivity contribution in [3.63, 3.8) is 0 Å². The number of allylic oxidation sites excluding steroid dienone is 1. The van der Waals surface area contributed by atoms with E-state index in [0.717, 1.165) is 5.56 Å². The van der Waals surface area contributed by atoms with E-state index in [1.54, 1.807) is 68.6 Å². The van der Waals surface area contributed by atoms with E-state index in [2.05, 4.69) is 0 Å². The van der Waals surface area contributed by atoms with Gasteiger partial charge in [-0.3, -0.25) is 4.79 Å². The van der Waals surface area contributed by atoms with Crippen molar-refractivity contribution in [2.45, 2.75) is 6.92 Å². The van der Waals surface area contributed by atoms with E-state index >= 15 is 0 Å². The minimum atomic E-state index is -0.663. The standard InChI is InChI=1S/C26H17ClO6/c1-14-20(33-26(29)23-13-16-12-17(27)5-9-21(16)31-23)10-8-19-24(28)22(32-25(14)19)11-15-3-6-18(30-2)7-4-15/h3-13H,1-2H3/b22-11-. The smallest absolute Gasteiger partial charge is 0.379 e. The van der Waals surface area contributed by atoms with Crippen LogP contribution in [0.4, 0.5) is 0 Å². The van der Waals surface area contributed by atoms with Crippen molar-refractivity contribution in [3.05, 3.63) is 93.9 Å². The van der Waals surface area contributed by atoms with Crippen LogP contribution in [0.5, 0.6) is 17.2 Å². The molecule has 1 aliphatic rings. The number of ether oxygens (including phenoxy) is 3. The van der Waals surface area contributed by atoms with Gasteiger partial charge < -0.3 is 18.6 Å². The lowest BCUT2D eigenvalue weighted by Crippen LogP contribution is -2.08. The molecule has 1 aliphatic heterocycles. The third-order valence-corrected chi connectivity index (χ3v) is 5.57. The Balaban J connectivity index is 1.40. The molecule has 0 atom stereocenters. The summed E-state index contributed by atoms with van der Waals surface area (Å²) in [4.78, 5) is 25.5. The van der Waals surface area contributed by atoms with E-state index < -0.39 is 5.97 Å². The maximum Gasteiger partial charge on any atom is 0.379 e. The van der Waals surface area contributed by atoms with Crippen molar-refractivity contribution in [3.8, 4) is 17.2 Å². The molecule has 0 bridgehead atoms. The average molecular weight is 461 g/mol. The van der Waals surface area contributed by atoms with Crippen molar-refractivity contribution in [1.29, 1.82) is 0 Å². The summed E-state index contributed by atoms with van der Waals surface area (Å²) in [7, 11) is 1.59. The van der Waals surface area contributed by atoms with Crippen LogP contribution in [0.2, 0.25) is 5.02 Å². The summed E-state index contributed by atoms with van der Waals surface area (Å²) in [5.74, 6) is 0.686. The van der Waals surface area contributed by atoms with Crippen molar-refractivity contribution >= 4 is 40.4 Å². The van der Waals surface area contributed by atoms with Gasteiger partial charge in [-0.1, -0.05) is 23.7 Å². The van der Waals surface area contributed by atoms with Gasteiger partial charge in [0.2, 0.25) is 11.5 Å². The number of hydrogen-bond donors (Lipinski definition) is 0. The Hall–Kier alpha value is -4.03. The summed E-state index contributed by atoms with van der Waals surface area (Å²) in [5.41, 5.74) is 2.26. The molecule has 33 heavy (non-hydrogen) atoms. The molecule has 2 heterocycles. The van der Waals surface area contributed by atoms with E-state index in [4.69, 9.17) is 30.2 Å². The maximum atomic E-state index is 12.8. The van der Waals surface area contributed by atoms with Crippen LogP contribution < -0.4 is 14.2 Å². The zero-order valence-electron chi connectivity index (χ0n) is 17.7. The Kier molecular flexibility index (Phi) is 5.15. The largest absolute Gasteiger partial charge is 0.497 e. The summed E-state index contributed by atoms with van der Waals surface area (Å²) in [5, 5.41) is 1.24. The van der Waals surface area contributed by atoms with Crippen LogP contribution in [-0.2, 0) is 0 Å². The van der Waals surface area contributed by atoms with Gasteiger partial charge in [0.05, 0.1) is 12.7 Å². The molecule has 3 aromatic carbocycles. The molecule has 0 N–H and O–H groups in total. The number of Topliss-reactive ketones (excluding diaryl/α,β-unsaturated/α-hetero) is 1. The fourth-order valence-electron chi connectivity index (χ4n) is 3.60. The van der Waals surface area contributed by atoms with Crippen LogP contribution in [0.15, 0.2) is 70.8 Å². The second-order valence-electron chi connectivity index (χ2n) is 7.46. The molecule has 4 aromatic rings. The number of rotatable bonds is 4. The summed E-state index contributed by atoms with van der Waals surface area (Å²) < 4.78 is 22.1. The number of halogens is 1. The monoisotopic (exact) mass is 460 g/mol. The first-order chi connectivity index (χ1) is 15.9. The van der Waals surface area contributed by atoms with E-state index in [9.17, 15) is 9.59 Å². The van der Waals surface area contributed by atoms with E-state index in [1.165, 1.54) is 0 Å². The third-order valence-electron chi connectivity index (χ3n) is 5.33. The fraction of sp³-hybridized carbons (Fsp3) is 0.0769. The first kappa shape index (κ1) is 20.8. The van der Waals surface area contributed by atoms with Gasteiger partial charge in [-0.05, 0) is 67.1 Å². The Bertz CT molecular complexity index is 1450. The normalized spacial score (nSPS) is 13.8. The molecule has 0 spiro atoms.